The van der Waals surface area contributed by atoms with Crippen molar-refractivity contribution in [3.05, 3.63) is 46.6 Å². The number of aryl methyl sites for hydroxylation is 3. The number of rotatable bonds is 4. The molecule has 0 radical (unpaired) electrons. The van der Waals surface area contributed by atoms with Crippen LogP contribution in [0.4, 0.5) is 11.8 Å². The Morgan fingerprint density at radius 1 is 1.00 bits per heavy atom. The number of nitrogens with zero attached hydrogens (tertiary/aromatic N) is 4. The summed E-state index contributed by atoms with van der Waals surface area (Å²) >= 11 is 0. The van der Waals surface area contributed by atoms with Gasteiger partial charge in [0.15, 0.2) is 0 Å². The molecule has 1 saturated heterocycles. The van der Waals surface area contributed by atoms with E-state index in [4.69, 9.17) is 0 Å². The topological polar surface area (TPSA) is 61.4 Å². The van der Waals surface area contributed by atoms with Gasteiger partial charge in [-0.25, -0.2) is 4.98 Å². The standard InChI is InChI=1S/C20H27N5O/c1-5-21-20-22-16(4)13-18(23-20)24-6-8-25(9-7-24)19(26)17-11-14(2)10-15(3)12-17/h10-13H,5-9H2,1-4H3,(H,21,22,23). The van der Waals surface area contributed by atoms with E-state index in [1.54, 1.807) is 0 Å². The molecule has 3 rings (SSSR count). The van der Waals surface area contributed by atoms with Crippen molar-refractivity contribution in [2.75, 3.05) is 42.9 Å². The zero-order valence-corrected chi connectivity index (χ0v) is 16.0. The molecule has 0 atom stereocenters. The molecule has 0 spiro atoms. The van der Waals surface area contributed by atoms with Crippen LogP contribution in [-0.2, 0) is 0 Å². The lowest BCUT2D eigenvalue weighted by Gasteiger charge is -2.35. The number of amides is 1. The Hall–Kier alpha value is -2.63. The predicted molar refractivity (Wildman–Crippen MR) is 105 cm³/mol. The summed E-state index contributed by atoms with van der Waals surface area (Å²) in [5.74, 6) is 1.70. The monoisotopic (exact) mass is 353 g/mol. The van der Waals surface area contributed by atoms with E-state index in [0.717, 1.165) is 47.8 Å². The number of piperazine rings is 1. The summed E-state index contributed by atoms with van der Waals surface area (Å²) in [4.78, 5) is 26.0. The third-order valence-electron chi connectivity index (χ3n) is 4.54. The van der Waals surface area contributed by atoms with Crippen LogP contribution in [0.3, 0.4) is 0 Å². The number of anilines is 2. The van der Waals surface area contributed by atoms with E-state index < -0.39 is 0 Å². The molecule has 2 aromatic rings. The highest BCUT2D eigenvalue weighted by atomic mass is 16.2. The van der Waals surface area contributed by atoms with Gasteiger partial charge in [-0.05, 0) is 39.8 Å². The van der Waals surface area contributed by atoms with Crippen molar-refractivity contribution in [2.24, 2.45) is 0 Å². The maximum Gasteiger partial charge on any atom is 0.253 e. The molecule has 1 aromatic carbocycles. The number of hydrogen-bond donors (Lipinski definition) is 1. The fourth-order valence-electron chi connectivity index (χ4n) is 3.37. The maximum atomic E-state index is 12.8. The molecular formula is C20H27N5O. The Morgan fingerprint density at radius 2 is 1.65 bits per heavy atom. The number of nitrogens with one attached hydrogen (secondary N) is 1. The molecule has 2 heterocycles. The lowest BCUT2D eigenvalue weighted by Crippen LogP contribution is -2.49. The fourth-order valence-corrected chi connectivity index (χ4v) is 3.37. The molecule has 6 nitrogen and oxygen atoms in total. The highest BCUT2D eigenvalue weighted by Gasteiger charge is 2.23. The minimum Gasteiger partial charge on any atom is -0.354 e. The van der Waals surface area contributed by atoms with Gasteiger partial charge in [0.1, 0.15) is 5.82 Å². The molecule has 0 unspecified atom stereocenters. The summed E-state index contributed by atoms with van der Waals surface area (Å²) in [6, 6.07) is 8.03. The van der Waals surface area contributed by atoms with Crippen LogP contribution in [0.1, 0.15) is 34.1 Å². The first-order valence-electron chi connectivity index (χ1n) is 9.18. The Morgan fingerprint density at radius 3 is 2.27 bits per heavy atom. The van der Waals surface area contributed by atoms with Crippen molar-refractivity contribution in [3.63, 3.8) is 0 Å². The van der Waals surface area contributed by atoms with Gasteiger partial charge in [-0.2, -0.15) is 4.98 Å². The van der Waals surface area contributed by atoms with E-state index in [1.165, 1.54) is 0 Å². The average Bonchev–Trinajstić information content (AvgIpc) is 2.60. The maximum absolute atomic E-state index is 12.8. The van der Waals surface area contributed by atoms with E-state index in [9.17, 15) is 4.79 Å². The Balaban J connectivity index is 1.68. The summed E-state index contributed by atoms with van der Waals surface area (Å²) in [5.41, 5.74) is 3.97. The van der Waals surface area contributed by atoms with Crippen LogP contribution in [0.25, 0.3) is 0 Å². The summed E-state index contributed by atoms with van der Waals surface area (Å²) in [7, 11) is 0. The molecule has 26 heavy (non-hydrogen) atoms. The second-order valence-corrected chi connectivity index (χ2v) is 6.88. The van der Waals surface area contributed by atoms with Crippen LogP contribution in [0, 0.1) is 20.8 Å². The van der Waals surface area contributed by atoms with Gasteiger partial charge in [0.25, 0.3) is 5.91 Å². The number of benzene rings is 1. The summed E-state index contributed by atoms with van der Waals surface area (Å²) in [5, 5.41) is 3.17. The number of carbonyl (C=O) groups excluding carboxylic acids is 1. The van der Waals surface area contributed by atoms with Crippen molar-refractivity contribution < 1.29 is 4.79 Å². The average molecular weight is 353 g/mol. The molecule has 1 fully saturated rings. The predicted octanol–water partition coefficient (Wildman–Crippen LogP) is 2.80. The van der Waals surface area contributed by atoms with Gasteiger partial charge in [-0.15, -0.1) is 0 Å². The molecule has 138 valence electrons. The van der Waals surface area contributed by atoms with Gasteiger partial charge in [0.2, 0.25) is 5.95 Å². The molecule has 6 heteroatoms. The normalized spacial score (nSPS) is 14.5. The summed E-state index contributed by atoms with van der Waals surface area (Å²) in [6.45, 7) is 11.8. The minimum absolute atomic E-state index is 0.114. The highest BCUT2D eigenvalue weighted by molar-refractivity contribution is 5.94. The highest BCUT2D eigenvalue weighted by Crippen LogP contribution is 2.18. The molecule has 0 saturated carbocycles. The van der Waals surface area contributed by atoms with Gasteiger partial charge in [0, 0.05) is 50.0 Å². The quantitative estimate of drug-likeness (QED) is 0.916. The van der Waals surface area contributed by atoms with E-state index in [2.05, 4.69) is 26.3 Å². The molecule has 0 bridgehead atoms. The van der Waals surface area contributed by atoms with Crippen molar-refractivity contribution in [2.45, 2.75) is 27.7 Å². The van der Waals surface area contributed by atoms with E-state index >= 15 is 0 Å². The molecule has 1 amide bonds. The third kappa shape index (κ3) is 4.12. The Bertz CT molecular complexity index is 777. The Labute approximate surface area is 155 Å². The van der Waals surface area contributed by atoms with Gasteiger partial charge in [-0.3, -0.25) is 4.79 Å². The zero-order valence-electron chi connectivity index (χ0n) is 16.0. The first-order chi connectivity index (χ1) is 12.5. The van der Waals surface area contributed by atoms with Crippen LogP contribution in [0.15, 0.2) is 24.3 Å². The van der Waals surface area contributed by atoms with Gasteiger partial charge in [0.05, 0.1) is 0 Å². The van der Waals surface area contributed by atoms with Crippen molar-refractivity contribution in [1.29, 1.82) is 0 Å². The van der Waals surface area contributed by atoms with Crippen molar-refractivity contribution in [1.82, 2.24) is 14.9 Å². The number of aromatic nitrogens is 2. The first kappa shape index (κ1) is 18.2. The molecular weight excluding hydrogens is 326 g/mol. The summed E-state index contributed by atoms with van der Waals surface area (Å²) < 4.78 is 0. The van der Waals surface area contributed by atoms with Crippen LogP contribution in [0.5, 0.6) is 0 Å². The molecule has 0 aliphatic carbocycles. The van der Waals surface area contributed by atoms with E-state index in [-0.39, 0.29) is 5.91 Å². The number of carbonyl (C=O) groups is 1. The lowest BCUT2D eigenvalue weighted by atomic mass is 10.1. The lowest BCUT2D eigenvalue weighted by molar-refractivity contribution is 0.0746. The van der Waals surface area contributed by atoms with Crippen LogP contribution in [0.2, 0.25) is 0 Å². The third-order valence-corrected chi connectivity index (χ3v) is 4.54. The summed E-state index contributed by atoms with van der Waals surface area (Å²) in [6.07, 6.45) is 0. The molecule has 1 aromatic heterocycles. The second-order valence-electron chi connectivity index (χ2n) is 6.88. The smallest absolute Gasteiger partial charge is 0.253 e. The van der Waals surface area contributed by atoms with E-state index in [0.29, 0.717) is 19.0 Å². The largest absolute Gasteiger partial charge is 0.354 e. The second kappa shape index (κ2) is 7.72. The SMILES string of the molecule is CCNc1nc(C)cc(N2CCN(C(=O)c3cc(C)cc(C)c3)CC2)n1. The van der Waals surface area contributed by atoms with Crippen molar-refractivity contribution >= 4 is 17.7 Å². The Kier molecular flexibility index (Phi) is 5.40. The van der Waals surface area contributed by atoms with Gasteiger partial charge < -0.3 is 15.1 Å². The fraction of sp³-hybridized carbons (Fsp3) is 0.450. The van der Waals surface area contributed by atoms with Crippen LogP contribution in [-0.4, -0.2) is 53.5 Å². The van der Waals surface area contributed by atoms with Crippen molar-refractivity contribution in [3.8, 4) is 0 Å². The molecule has 1 N–H and O–H groups in total. The molecule has 1 aliphatic rings. The van der Waals surface area contributed by atoms with E-state index in [1.807, 2.05) is 50.8 Å². The van der Waals surface area contributed by atoms with Crippen LogP contribution >= 0.6 is 0 Å². The zero-order chi connectivity index (χ0) is 18.7. The van der Waals surface area contributed by atoms with Gasteiger partial charge in [-0.1, -0.05) is 17.2 Å². The molecule has 1 aliphatic heterocycles. The first-order valence-corrected chi connectivity index (χ1v) is 9.18. The van der Waals surface area contributed by atoms with Crippen LogP contribution < -0.4 is 10.2 Å². The number of hydrogen-bond acceptors (Lipinski definition) is 5. The van der Waals surface area contributed by atoms with Gasteiger partial charge >= 0.3 is 0 Å². The minimum atomic E-state index is 0.114.